The van der Waals surface area contributed by atoms with Crippen molar-refractivity contribution in [3.05, 3.63) is 29.8 Å². The Morgan fingerprint density at radius 2 is 1.85 bits per heavy atom. The van der Waals surface area contributed by atoms with Gasteiger partial charge >= 0.3 is 0 Å². The summed E-state index contributed by atoms with van der Waals surface area (Å²) < 4.78 is 5.64. The molecule has 0 spiro atoms. The minimum atomic E-state index is 0.484. The van der Waals surface area contributed by atoms with Gasteiger partial charge in [0.1, 0.15) is 12.4 Å². The van der Waals surface area contributed by atoms with Gasteiger partial charge in [-0.2, -0.15) is 0 Å². The third kappa shape index (κ3) is 6.45. The predicted molar refractivity (Wildman–Crippen MR) is 85.4 cm³/mol. The van der Waals surface area contributed by atoms with E-state index in [1.54, 1.807) is 0 Å². The van der Waals surface area contributed by atoms with Crippen molar-refractivity contribution >= 4 is 5.96 Å². The van der Waals surface area contributed by atoms with Gasteiger partial charge in [-0.3, -0.25) is 4.99 Å². The van der Waals surface area contributed by atoms with Crippen molar-refractivity contribution in [3.63, 3.8) is 0 Å². The van der Waals surface area contributed by atoms with Crippen LogP contribution in [0.3, 0.4) is 0 Å². The van der Waals surface area contributed by atoms with E-state index in [4.69, 9.17) is 10.5 Å². The molecule has 0 aliphatic heterocycles. The lowest BCUT2D eigenvalue weighted by Gasteiger charge is -2.10. The summed E-state index contributed by atoms with van der Waals surface area (Å²) in [6.07, 6.45) is 0. The Hall–Kier alpha value is -1.71. The van der Waals surface area contributed by atoms with Crippen LogP contribution in [0.15, 0.2) is 29.3 Å². The lowest BCUT2D eigenvalue weighted by Crippen LogP contribution is -2.35. The molecule has 0 heterocycles. The fourth-order valence-electron chi connectivity index (χ4n) is 1.63. The summed E-state index contributed by atoms with van der Waals surface area (Å²) in [5.41, 5.74) is 7.06. The van der Waals surface area contributed by atoms with E-state index in [1.165, 1.54) is 5.56 Å². The van der Waals surface area contributed by atoms with Gasteiger partial charge in [-0.05, 0) is 29.5 Å². The highest BCUT2D eigenvalue weighted by Gasteiger charge is 1.99. The number of nitrogens with two attached hydrogens (primary N) is 1. The Balaban J connectivity index is 2.25. The lowest BCUT2D eigenvalue weighted by molar-refractivity contribution is 0.322. The Labute approximate surface area is 122 Å². The Bertz CT molecular complexity index is 410. The summed E-state index contributed by atoms with van der Waals surface area (Å²) in [5, 5.41) is 3.04. The quantitative estimate of drug-likeness (QED) is 0.458. The van der Waals surface area contributed by atoms with E-state index in [-0.39, 0.29) is 0 Å². The van der Waals surface area contributed by atoms with E-state index in [1.807, 2.05) is 12.1 Å². The van der Waals surface area contributed by atoms with Crippen molar-refractivity contribution in [2.45, 2.75) is 33.6 Å². The summed E-state index contributed by atoms with van der Waals surface area (Å²) in [7, 11) is 0. The van der Waals surface area contributed by atoms with Crippen LogP contribution in [0.1, 0.15) is 39.2 Å². The Kier molecular flexibility index (Phi) is 6.91. The number of rotatable bonds is 7. The molecule has 4 heteroatoms. The van der Waals surface area contributed by atoms with Crippen molar-refractivity contribution in [1.29, 1.82) is 0 Å². The molecule has 20 heavy (non-hydrogen) atoms. The maximum atomic E-state index is 5.74. The van der Waals surface area contributed by atoms with E-state index >= 15 is 0 Å². The number of hydrogen-bond donors (Lipinski definition) is 2. The van der Waals surface area contributed by atoms with E-state index in [2.05, 4.69) is 50.1 Å². The standard InChI is InChI=1S/C16H27N3O/c1-12(2)11-19-16(17)18-9-10-20-15-7-5-14(6-8-15)13(3)4/h5-8,12-13H,9-11H2,1-4H3,(H3,17,18,19). The lowest BCUT2D eigenvalue weighted by atomic mass is 10.0. The zero-order chi connectivity index (χ0) is 15.0. The molecule has 0 saturated heterocycles. The SMILES string of the molecule is CC(C)CN=C(N)NCCOc1ccc(C(C)C)cc1. The van der Waals surface area contributed by atoms with Crippen molar-refractivity contribution < 1.29 is 4.74 Å². The number of hydrogen-bond acceptors (Lipinski definition) is 2. The van der Waals surface area contributed by atoms with Crippen LogP contribution in [-0.2, 0) is 0 Å². The Morgan fingerprint density at radius 1 is 1.20 bits per heavy atom. The van der Waals surface area contributed by atoms with Gasteiger partial charge in [-0.1, -0.05) is 39.8 Å². The number of benzene rings is 1. The molecule has 0 radical (unpaired) electrons. The Morgan fingerprint density at radius 3 is 2.40 bits per heavy atom. The maximum Gasteiger partial charge on any atom is 0.188 e. The molecule has 0 amide bonds. The minimum absolute atomic E-state index is 0.484. The van der Waals surface area contributed by atoms with Crippen molar-refractivity contribution in [1.82, 2.24) is 5.32 Å². The molecule has 1 rings (SSSR count). The molecule has 0 aromatic heterocycles. The summed E-state index contributed by atoms with van der Waals surface area (Å²) in [4.78, 5) is 4.23. The first-order chi connectivity index (χ1) is 9.49. The second kappa shape index (κ2) is 8.46. The monoisotopic (exact) mass is 277 g/mol. The van der Waals surface area contributed by atoms with E-state index in [0.29, 0.717) is 30.9 Å². The molecule has 4 nitrogen and oxygen atoms in total. The van der Waals surface area contributed by atoms with E-state index in [0.717, 1.165) is 12.3 Å². The average molecular weight is 277 g/mol. The number of guanidine groups is 1. The molecular formula is C16H27N3O. The van der Waals surface area contributed by atoms with Crippen LogP contribution >= 0.6 is 0 Å². The van der Waals surface area contributed by atoms with Gasteiger partial charge in [-0.25, -0.2) is 0 Å². The van der Waals surface area contributed by atoms with Gasteiger partial charge in [0.05, 0.1) is 6.54 Å². The first kappa shape index (κ1) is 16.3. The largest absolute Gasteiger partial charge is 0.492 e. The fourth-order valence-corrected chi connectivity index (χ4v) is 1.63. The molecule has 3 N–H and O–H groups in total. The number of ether oxygens (including phenoxy) is 1. The second-order valence-electron chi connectivity index (χ2n) is 5.62. The fraction of sp³-hybridized carbons (Fsp3) is 0.562. The molecule has 0 saturated carbocycles. The second-order valence-corrected chi connectivity index (χ2v) is 5.62. The molecule has 1 aromatic rings. The van der Waals surface area contributed by atoms with Gasteiger partial charge in [0.2, 0.25) is 0 Å². The van der Waals surface area contributed by atoms with Crippen molar-refractivity contribution in [3.8, 4) is 5.75 Å². The van der Waals surface area contributed by atoms with Gasteiger partial charge < -0.3 is 15.8 Å². The third-order valence-electron chi connectivity index (χ3n) is 2.85. The van der Waals surface area contributed by atoms with Crippen LogP contribution in [0, 0.1) is 5.92 Å². The molecule has 0 aliphatic carbocycles. The summed E-state index contributed by atoms with van der Waals surface area (Å²) in [6.45, 7) is 10.5. The third-order valence-corrected chi connectivity index (χ3v) is 2.85. The zero-order valence-corrected chi connectivity index (χ0v) is 13.0. The average Bonchev–Trinajstić information content (AvgIpc) is 2.42. The smallest absolute Gasteiger partial charge is 0.188 e. The first-order valence-corrected chi connectivity index (χ1v) is 7.25. The first-order valence-electron chi connectivity index (χ1n) is 7.25. The van der Waals surface area contributed by atoms with Gasteiger partial charge in [0.15, 0.2) is 5.96 Å². The highest BCUT2D eigenvalue weighted by molar-refractivity contribution is 5.77. The molecule has 0 unspecified atom stereocenters. The highest BCUT2D eigenvalue weighted by Crippen LogP contribution is 2.18. The van der Waals surface area contributed by atoms with E-state index in [9.17, 15) is 0 Å². The van der Waals surface area contributed by atoms with Gasteiger partial charge in [0.25, 0.3) is 0 Å². The zero-order valence-electron chi connectivity index (χ0n) is 13.0. The van der Waals surface area contributed by atoms with Crippen molar-refractivity contribution in [2.75, 3.05) is 19.7 Å². The van der Waals surface area contributed by atoms with Gasteiger partial charge in [-0.15, -0.1) is 0 Å². The van der Waals surface area contributed by atoms with Crippen molar-refractivity contribution in [2.24, 2.45) is 16.6 Å². The number of nitrogens with one attached hydrogen (secondary N) is 1. The van der Waals surface area contributed by atoms with Crippen LogP contribution in [0.2, 0.25) is 0 Å². The predicted octanol–water partition coefficient (Wildman–Crippen LogP) is 2.75. The summed E-state index contributed by atoms with van der Waals surface area (Å²) >= 11 is 0. The molecule has 0 aliphatic rings. The van der Waals surface area contributed by atoms with Crippen LogP contribution in [0.5, 0.6) is 5.75 Å². The summed E-state index contributed by atoms with van der Waals surface area (Å²) in [5.74, 6) is 2.43. The number of nitrogens with zero attached hydrogens (tertiary/aromatic N) is 1. The van der Waals surface area contributed by atoms with E-state index < -0.39 is 0 Å². The molecule has 0 fully saturated rings. The highest BCUT2D eigenvalue weighted by atomic mass is 16.5. The van der Waals surface area contributed by atoms with Crippen LogP contribution in [0.25, 0.3) is 0 Å². The topological polar surface area (TPSA) is 59.6 Å². The molecule has 112 valence electrons. The normalized spacial score (nSPS) is 12.0. The molecular weight excluding hydrogens is 250 g/mol. The summed E-state index contributed by atoms with van der Waals surface area (Å²) in [6, 6.07) is 8.22. The van der Waals surface area contributed by atoms with Crippen LogP contribution < -0.4 is 15.8 Å². The van der Waals surface area contributed by atoms with Gasteiger partial charge in [0, 0.05) is 6.54 Å². The molecule has 1 aromatic carbocycles. The minimum Gasteiger partial charge on any atom is -0.492 e. The molecule has 0 bridgehead atoms. The maximum absolute atomic E-state index is 5.74. The van der Waals surface area contributed by atoms with Crippen LogP contribution in [-0.4, -0.2) is 25.7 Å². The molecule has 0 atom stereocenters. The van der Waals surface area contributed by atoms with Crippen LogP contribution in [0.4, 0.5) is 0 Å². The number of aliphatic imine (C=N–C) groups is 1.